The van der Waals surface area contributed by atoms with Crippen LogP contribution in [0.5, 0.6) is 0 Å². The molecule has 7 nitrogen and oxygen atoms in total. The number of hydrogen-bond donors (Lipinski definition) is 2. The van der Waals surface area contributed by atoms with Crippen molar-refractivity contribution in [1.29, 1.82) is 5.26 Å². The molecule has 4 rings (SSSR count). The van der Waals surface area contributed by atoms with Crippen molar-refractivity contribution in [1.82, 2.24) is 20.2 Å². The third-order valence-corrected chi connectivity index (χ3v) is 6.30. The van der Waals surface area contributed by atoms with Crippen molar-refractivity contribution >= 4 is 34.0 Å². The zero-order valence-electron chi connectivity index (χ0n) is 14.4. The summed E-state index contributed by atoms with van der Waals surface area (Å²) in [5.74, 6) is 0.572. The van der Waals surface area contributed by atoms with Crippen molar-refractivity contribution in [3.8, 4) is 17.6 Å². The number of hydrogen-bond acceptors (Lipinski definition) is 7. The van der Waals surface area contributed by atoms with Crippen LogP contribution in [0.3, 0.4) is 0 Å². The molecular formula is C18H16N6OS2. The fourth-order valence-electron chi connectivity index (χ4n) is 2.99. The number of amides is 1. The number of nitriles is 1. The number of thioether (sulfide) groups is 1. The van der Waals surface area contributed by atoms with E-state index < -0.39 is 0 Å². The monoisotopic (exact) mass is 396 g/mol. The van der Waals surface area contributed by atoms with E-state index in [2.05, 4.69) is 31.6 Å². The molecule has 9 heteroatoms. The number of aryl methyl sites for hydroxylation is 1. The van der Waals surface area contributed by atoms with Crippen LogP contribution in [0.25, 0.3) is 11.5 Å². The number of fused-ring (bicyclic) bond motifs is 1. The van der Waals surface area contributed by atoms with E-state index in [4.69, 9.17) is 0 Å². The van der Waals surface area contributed by atoms with Crippen LogP contribution in [0, 0.1) is 11.3 Å². The molecule has 3 heterocycles. The predicted molar refractivity (Wildman–Crippen MR) is 105 cm³/mol. The van der Waals surface area contributed by atoms with Gasteiger partial charge in [-0.1, -0.05) is 17.8 Å². The number of aromatic amines is 1. The Kier molecular flexibility index (Phi) is 5.18. The van der Waals surface area contributed by atoms with Gasteiger partial charge in [0.2, 0.25) is 11.1 Å². The van der Waals surface area contributed by atoms with Crippen molar-refractivity contribution in [2.45, 2.75) is 30.8 Å². The van der Waals surface area contributed by atoms with Gasteiger partial charge in [0.05, 0.1) is 11.3 Å². The molecular weight excluding hydrogens is 380 g/mol. The van der Waals surface area contributed by atoms with Gasteiger partial charge in [-0.05, 0) is 43.4 Å². The van der Waals surface area contributed by atoms with Crippen LogP contribution in [0.15, 0.2) is 29.6 Å². The largest absolute Gasteiger partial charge is 0.316 e. The second kappa shape index (κ2) is 7.90. The number of nitrogens with one attached hydrogen (secondary N) is 2. The summed E-state index contributed by atoms with van der Waals surface area (Å²) >= 11 is 2.77. The number of aromatic nitrogens is 4. The number of pyridine rings is 1. The highest BCUT2D eigenvalue weighted by Crippen LogP contribution is 2.37. The van der Waals surface area contributed by atoms with Crippen LogP contribution in [0.2, 0.25) is 0 Å². The molecule has 0 fully saturated rings. The van der Waals surface area contributed by atoms with Crippen LogP contribution in [-0.4, -0.2) is 31.8 Å². The van der Waals surface area contributed by atoms with Gasteiger partial charge in [-0.25, -0.2) is 0 Å². The van der Waals surface area contributed by atoms with Gasteiger partial charge in [-0.2, -0.15) is 10.2 Å². The average molecular weight is 397 g/mol. The molecule has 1 amide bonds. The zero-order valence-corrected chi connectivity index (χ0v) is 16.0. The summed E-state index contributed by atoms with van der Waals surface area (Å²) in [6, 6.07) is 7.80. The van der Waals surface area contributed by atoms with Gasteiger partial charge < -0.3 is 5.32 Å². The highest BCUT2D eigenvalue weighted by atomic mass is 32.2. The van der Waals surface area contributed by atoms with E-state index >= 15 is 0 Å². The molecule has 2 N–H and O–H groups in total. The quantitative estimate of drug-likeness (QED) is 0.640. The van der Waals surface area contributed by atoms with Crippen LogP contribution < -0.4 is 5.32 Å². The SMILES string of the molecule is N#Cc1c(NC(=O)CSc2n[nH]c(-c3ccccn3)n2)sc2c1CCCC2. The fraction of sp³-hybridized carbons (Fsp3) is 0.278. The Balaban J connectivity index is 1.39. The van der Waals surface area contributed by atoms with E-state index in [-0.39, 0.29) is 11.7 Å². The van der Waals surface area contributed by atoms with Crippen molar-refractivity contribution < 1.29 is 4.79 Å². The summed E-state index contributed by atoms with van der Waals surface area (Å²) in [5, 5.41) is 20.4. The molecule has 27 heavy (non-hydrogen) atoms. The van der Waals surface area contributed by atoms with E-state index in [0.29, 0.717) is 27.2 Å². The Morgan fingerprint density at radius 3 is 3.07 bits per heavy atom. The van der Waals surface area contributed by atoms with Crippen molar-refractivity contribution in [3.63, 3.8) is 0 Å². The number of thiophene rings is 1. The molecule has 136 valence electrons. The average Bonchev–Trinajstić information content (AvgIpc) is 3.31. The first-order valence-corrected chi connectivity index (χ1v) is 10.4. The summed E-state index contributed by atoms with van der Waals surface area (Å²) in [7, 11) is 0. The summed E-state index contributed by atoms with van der Waals surface area (Å²) in [6.07, 6.45) is 5.85. The molecule has 0 radical (unpaired) electrons. The molecule has 0 spiro atoms. The van der Waals surface area contributed by atoms with Crippen LogP contribution in [0.4, 0.5) is 5.00 Å². The molecule has 0 atom stereocenters. The first kappa shape index (κ1) is 17.7. The van der Waals surface area contributed by atoms with Gasteiger partial charge in [0.25, 0.3) is 0 Å². The molecule has 0 saturated heterocycles. The summed E-state index contributed by atoms with van der Waals surface area (Å²) in [6.45, 7) is 0. The van der Waals surface area contributed by atoms with Crippen LogP contribution in [-0.2, 0) is 17.6 Å². The first-order chi connectivity index (χ1) is 13.2. The van der Waals surface area contributed by atoms with E-state index in [1.165, 1.54) is 28.0 Å². The van der Waals surface area contributed by atoms with E-state index in [1.807, 2.05) is 18.2 Å². The second-order valence-electron chi connectivity index (χ2n) is 6.05. The Morgan fingerprint density at radius 2 is 2.26 bits per heavy atom. The van der Waals surface area contributed by atoms with Gasteiger partial charge in [0.15, 0.2) is 5.82 Å². The second-order valence-corrected chi connectivity index (χ2v) is 8.09. The highest BCUT2D eigenvalue weighted by Gasteiger charge is 2.22. The molecule has 0 bridgehead atoms. The van der Waals surface area contributed by atoms with Crippen LogP contribution >= 0.6 is 23.1 Å². The molecule has 0 saturated carbocycles. The highest BCUT2D eigenvalue weighted by molar-refractivity contribution is 7.99. The molecule has 0 aromatic carbocycles. The first-order valence-electron chi connectivity index (χ1n) is 8.55. The van der Waals surface area contributed by atoms with Gasteiger partial charge >= 0.3 is 0 Å². The van der Waals surface area contributed by atoms with Crippen LogP contribution in [0.1, 0.15) is 28.8 Å². The van der Waals surface area contributed by atoms with E-state index in [0.717, 1.165) is 31.2 Å². The van der Waals surface area contributed by atoms with Gasteiger partial charge in [-0.15, -0.1) is 16.4 Å². The van der Waals surface area contributed by atoms with Gasteiger partial charge in [0.1, 0.15) is 16.8 Å². The number of nitrogens with zero attached hydrogens (tertiary/aromatic N) is 4. The number of anilines is 1. The van der Waals surface area contributed by atoms with E-state index in [1.54, 1.807) is 6.20 Å². The maximum Gasteiger partial charge on any atom is 0.235 e. The third-order valence-electron chi connectivity index (χ3n) is 4.24. The lowest BCUT2D eigenvalue weighted by Gasteiger charge is -2.09. The number of H-pyrrole nitrogens is 1. The number of carbonyl (C=O) groups is 1. The van der Waals surface area contributed by atoms with Gasteiger partial charge in [-0.3, -0.25) is 14.9 Å². The molecule has 3 aromatic heterocycles. The molecule has 1 aliphatic carbocycles. The standard InChI is InChI=1S/C18H16N6OS2/c19-9-12-11-5-1-2-7-14(11)27-17(12)21-15(25)10-26-18-22-16(23-24-18)13-6-3-4-8-20-13/h3-4,6,8H,1-2,5,7,10H2,(H,21,25)(H,22,23,24). The Labute approximate surface area is 164 Å². The summed E-state index contributed by atoms with van der Waals surface area (Å²) in [5.41, 5.74) is 2.44. The Morgan fingerprint density at radius 1 is 1.37 bits per heavy atom. The van der Waals surface area contributed by atoms with Crippen molar-refractivity contribution in [2.24, 2.45) is 0 Å². The normalized spacial score (nSPS) is 13.0. The summed E-state index contributed by atoms with van der Waals surface area (Å²) < 4.78 is 0. The summed E-state index contributed by atoms with van der Waals surface area (Å²) in [4.78, 5) is 22.1. The minimum Gasteiger partial charge on any atom is -0.316 e. The lowest BCUT2D eigenvalue weighted by molar-refractivity contribution is -0.113. The maximum absolute atomic E-state index is 12.3. The number of carbonyl (C=O) groups excluding carboxylic acids is 1. The topological polar surface area (TPSA) is 107 Å². The molecule has 1 aliphatic rings. The van der Waals surface area contributed by atoms with Gasteiger partial charge in [0, 0.05) is 11.1 Å². The zero-order chi connectivity index (χ0) is 18.6. The maximum atomic E-state index is 12.3. The molecule has 3 aromatic rings. The lowest BCUT2D eigenvalue weighted by Crippen LogP contribution is -2.14. The number of rotatable bonds is 5. The van der Waals surface area contributed by atoms with E-state index in [9.17, 15) is 10.1 Å². The van der Waals surface area contributed by atoms with Crippen molar-refractivity contribution in [2.75, 3.05) is 11.1 Å². The minimum atomic E-state index is -0.167. The molecule has 0 aliphatic heterocycles. The predicted octanol–water partition coefficient (Wildman–Crippen LogP) is 3.41. The Bertz CT molecular complexity index is 1000. The smallest absolute Gasteiger partial charge is 0.235 e. The van der Waals surface area contributed by atoms with Crippen molar-refractivity contribution in [3.05, 3.63) is 40.4 Å². The fourth-order valence-corrected chi connectivity index (χ4v) is 4.85. The Hall–Kier alpha value is -2.70. The third kappa shape index (κ3) is 3.86. The lowest BCUT2D eigenvalue weighted by atomic mass is 9.96. The molecule has 0 unspecified atom stereocenters. The minimum absolute atomic E-state index is 0.167.